The van der Waals surface area contributed by atoms with Crippen LogP contribution < -0.4 is 5.32 Å². The summed E-state index contributed by atoms with van der Waals surface area (Å²) in [7, 11) is 2.00. The maximum Gasteiger partial charge on any atom is 0.0849 e. The van der Waals surface area contributed by atoms with Gasteiger partial charge in [0.05, 0.1) is 16.4 Å². The predicted octanol–water partition coefficient (Wildman–Crippen LogP) is 3.59. The third-order valence-electron chi connectivity index (χ3n) is 3.50. The van der Waals surface area contributed by atoms with Gasteiger partial charge >= 0.3 is 0 Å². The predicted molar refractivity (Wildman–Crippen MR) is 82.8 cm³/mol. The monoisotopic (exact) mass is 285 g/mol. The summed E-state index contributed by atoms with van der Waals surface area (Å²) in [4.78, 5) is 0. The summed E-state index contributed by atoms with van der Waals surface area (Å²) in [5.41, 5.74) is 2.20. The molecule has 1 aromatic rings. The van der Waals surface area contributed by atoms with Gasteiger partial charge in [-0.1, -0.05) is 45.7 Å². The Balaban J connectivity index is 2.75. The summed E-state index contributed by atoms with van der Waals surface area (Å²) in [6, 6.07) is 0.535. The van der Waals surface area contributed by atoms with Crippen LogP contribution in [0.5, 0.6) is 0 Å². The molecule has 0 saturated carbocycles. The molecule has 0 amide bonds. The van der Waals surface area contributed by atoms with Gasteiger partial charge in [0.1, 0.15) is 0 Å². The number of aromatic nitrogens is 2. The van der Waals surface area contributed by atoms with E-state index in [1.807, 2.05) is 11.7 Å². The summed E-state index contributed by atoms with van der Waals surface area (Å²) >= 11 is 6.43. The second kappa shape index (κ2) is 7.91. The molecule has 0 aliphatic rings. The van der Waals surface area contributed by atoms with Crippen molar-refractivity contribution in [2.75, 3.05) is 6.54 Å². The Morgan fingerprint density at radius 3 is 2.47 bits per heavy atom. The molecule has 0 bridgehead atoms. The average Bonchev–Trinajstić information content (AvgIpc) is 2.63. The van der Waals surface area contributed by atoms with Crippen molar-refractivity contribution in [2.24, 2.45) is 13.0 Å². The van der Waals surface area contributed by atoms with Crippen LogP contribution in [0.15, 0.2) is 0 Å². The van der Waals surface area contributed by atoms with Crippen molar-refractivity contribution in [1.82, 2.24) is 15.1 Å². The van der Waals surface area contributed by atoms with Crippen LogP contribution in [-0.2, 0) is 19.9 Å². The molecule has 1 N–H and O–H groups in total. The Morgan fingerprint density at radius 1 is 1.32 bits per heavy atom. The zero-order valence-electron chi connectivity index (χ0n) is 13.0. The molecule has 3 nitrogen and oxygen atoms in total. The summed E-state index contributed by atoms with van der Waals surface area (Å²) in [6.07, 6.45) is 4.34. The molecule has 19 heavy (non-hydrogen) atoms. The molecule has 1 atom stereocenters. The Morgan fingerprint density at radius 2 is 2.00 bits per heavy atom. The van der Waals surface area contributed by atoms with E-state index in [0.717, 1.165) is 30.1 Å². The minimum Gasteiger partial charge on any atom is -0.314 e. The molecular formula is C15H28ClN3. The van der Waals surface area contributed by atoms with Crippen molar-refractivity contribution < 1.29 is 0 Å². The molecule has 0 spiro atoms. The molecule has 0 aliphatic carbocycles. The van der Waals surface area contributed by atoms with Crippen LogP contribution in [-0.4, -0.2) is 22.4 Å². The number of rotatable bonds is 8. The van der Waals surface area contributed by atoms with Gasteiger partial charge in [-0.15, -0.1) is 0 Å². The first-order chi connectivity index (χ1) is 8.99. The first kappa shape index (κ1) is 16.5. The molecule has 1 rings (SSSR count). The van der Waals surface area contributed by atoms with E-state index in [1.165, 1.54) is 18.5 Å². The van der Waals surface area contributed by atoms with Gasteiger partial charge < -0.3 is 5.32 Å². The van der Waals surface area contributed by atoms with E-state index in [2.05, 4.69) is 38.1 Å². The number of halogens is 1. The fraction of sp³-hybridized carbons (Fsp3) is 0.800. The maximum absolute atomic E-state index is 6.43. The van der Waals surface area contributed by atoms with E-state index in [0.29, 0.717) is 12.0 Å². The molecule has 1 unspecified atom stereocenters. The molecular weight excluding hydrogens is 258 g/mol. The zero-order chi connectivity index (χ0) is 14.4. The highest BCUT2D eigenvalue weighted by atomic mass is 35.5. The highest BCUT2D eigenvalue weighted by molar-refractivity contribution is 6.31. The van der Waals surface area contributed by atoms with E-state index in [4.69, 9.17) is 11.6 Å². The molecule has 0 radical (unpaired) electrons. The normalized spacial score (nSPS) is 13.2. The van der Waals surface area contributed by atoms with Crippen molar-refractivity contribution in [1.29, 1.82) is 0 Å². The standard InChI is InChI=1S/C15H28ClN3/c1-6-8-12(10-17-11(3)4)9-14-15(16)13(7-2)18-19(14)5/h11-12,17H,6-10H2,1-5H3. The van der Waals surface area contributed by atoms with Gasteiger partial charge in [-0.25, -0.2) is 0 Å². The Bertz CT molecular complexity index is 385. The van der Waals surface area contributed by atoms with Crippen LogP contribution in [0.3, 0.4) is 0 Å². The third kappa shape index (κ3) is 4.81. The summed E-state index contributed by atoms with van der Waals surface area (Å²) in [6.45, 7) is 9.77. The van der Waals surface area contributed by atoms with Crippen molar-refractivity contribution in [2.45, 2.75) is 59.4 Å². The van der Waals surface area contributed by atoms with Gasteiger partial charge in [0.15, 0.2) is 0 Å². The summed E-state index contributed by atoms with van der Waals surface area (Å²) in [5.74, 6) is 0.630. The quantitative estimate of drug-likeness (QED) is 0.791. The lowest BCUT2D eigenvalue weighted by atomic mass is 9.97. The third-order valence-corrected chi connectivity index (χ3v) is 3.93. The lowest BCUT2D eigenvalue weighted by molar-refractivity contribution is 0.410. The van der Waals surface area contributed by atoms with Gasteiger partial charge in [-0.2, -0.15) is 5.10 Å². The zero-order valence-corrected chi connectivity index (χ0v) is 13.7. The molecule has 0 aromatic carbocycles. The van der Waals surface area contributed by atoms with Gasteiger partial charge in [-0.3, -0.25) is 4.68 Å². The number of hydrogen-bond donors (Lipinski definition) is 1. The van der Waals surface area contributed by atoms with Gasteiger partial charge in [0.2, 0.25) is 0 Å². The fourth-order valence-corrected chi connectivity index (χ4v) is 2.77. The van der Waals surface area contributed by atoms with Crippen LogP contribution >= 0.6 is 11.6 Å². The molecule has 0 saturated heterocycles. The first-order valence-corrected chi connectivity index (χ1v) is 7.80. The molecule has 110 valence electrons. The van der Waals surface area contributed by atoms with Crippen LogP contribution in [0.1, 0.15) is 51.9 Å². The Hall–Kier alpha value is -0.540. The number of nitrogens with one attached hydrogen (secondary N) is 1. The average molecular weight is 286 g/mol. The lowest BCUT2D eigenvalue weighted by Crippen LogP contribution is -2.30. The largest absolute Gasteiger partial charge is 0.314 e. The lowest BCUT2D eigenvalue weighted by Gasteiger charge is -2.19. The minimum atomic E-state index is 0.535. The van der Waals surface area contributed by atoms with E-state index in [-0.39, 0.29) is 0 Å². The van der Waals surface area contributed by atoms with Crippen LogP contribution in [0.2, 0.25) is 5.02 Å². The maximum atomic E-state index is 6.43. The molecule has 0 fully saturated rings. The van der Waals surface area contributed by atoms with Gasteiger partial charge in [-0.05, 0) is 31.7 Å². The molecule has 0 aliphatic heterocycles. The first-order valence-electron chi connectivity index (χ1n) is 7.43. The van der Waals surface area contributed by atoms with E-state index in [1.54, 1.807) is 0 Å². The molecule has 1 heterocycles. The van der Waals surface area contributed by atoms with Crippen molar-refractivity contribution in [3.8, 4) is 0 Å². The second-order valence-electron chi connectivity index (χ2n) is 5.61. The van der Waals surface area contributed by atoms with Crippen LogP contribution in [0.25, 0.3) is 0 Å². The number of aryl methyl sites for hydroxylation is 2. The summed E-state index contributed by atoms with van der Waals surface area (Å²) in [5, 5.41) is 8.91. The van der Waals surface area contributed by atoms with Gasteiger partial charge in [0.25, 0.3) is 0 Å². The second-order valence-corrected chi connectivity index (χ2v) is 5.98. The van der Waals surface area contributed by atoms with Crippen molar-refractivity contribution in [3.63, 3.8) is 0 Å². The van der Waals surface area contributed by atoms with Crippen LogP contribution in [0.4, 0.5) is 0 Å². The van der Waals surface area contributed by atoms with E-state index < -0.39 is 0 Å². The number of nitrogens with zero attached hydrogens (tertiary/aromatic N) is 2. The highest BCUT2D eigenvalue weighted by Crippen LogP contribution is 2.24. The minimum absolute atomic E-state index is 0.535. The topological polar surface area (TPSA) is 29.9 Å². The molecule has 4 heteroatoms. The smallest absolute Gasteiger partial charge is 0.0849 e. The van der Waals surface area contributed by atoms with Gasteiger partial charge in [0, 0.05) is 13.1 Å². The molecule has 1 aromatic heterocycles. The fourth-order valence-electron chi connectivity index (χ4n) is 2.40. The highest BCUT2D eigenvalue weighted by Gasteiger charge is 2.17. The van der Waals surface area contributed by atoms with E-state index >= 15 is 0 Å². The Kier molecular flexibility index (Phi) is 6.87. The van der Waals surface area contributed by atoms with Crippen molar-refractivity contribution >= 4 is 11.6 Å². The van der Waals surface area contributed by atoms with E-state index in [9.17, 15) is 0 Å². The Labute approximate surface area is 122 Å². The number of hydrogen-bond acceptors (Lipinski definition) is 2. The van der Waals surface area contributed by atoms with Crippen LogP contribution in [0, 0.1) is 5.92 Å². The SMILES string of the molecule is CCCC(CNC(C)C)Cc1c(Cl)c(CC)nn1C. The van der Waals surface area contributed by atoms with Crippen molar-refractivity contribution in [3.05, 3.63) is 16.4 Å². The summed E-state index contributed by atoms with van der Waals surface area (Å²) < 4.78 is 1.96.